The van der Waals surface area contributed by atoms with Gasteiger partial charge in [-0.2, -0.15) is 0 Å². The average Bonchev–Trinajstić information content (AvgIpc) is 3.15. The molecule has 11 heteroatoms. The number of carbonyl (C=O) groups is 1. The van der Waals surface area contributed by atoms with Crippen molar-refractivity contribution in [2.45, 2.75) is 5.60 Å². The smallest absolute Gasteiger partial charge is 0.331 e. The SMILES string of the molecule is COC(=O)COCCOCCOCCOCCOCCOCCOCCOCCOC(c1ccccc1)(c1ccccc1)c1ccccc1. The lowest BCUT2D eigenvalue weighted by atomic mass is 9.80. The molecular weight excluding hydrogens is 632 g/mol. The van der Waals surface area contributed by atoms with E-state index < -0.39 is 11.6 Å². The van der Waals surface area contributed by atoms with Gasteiger partial charge < -0.3 is 47.4 Å². The second-order valence-corrected chi connectivity index (χ2v) is 10.5. The highest BCUT2D eigenvalue weighted by Gasteiger charge is 2.37. The van der Waals surface area contributed by atoms with Crippen LogP contribution >= 0.6 is 0 Å². The van der Waals surface area contributed by atoms with Gasteiger partial charge in [-0.05, 0) is 16.7 Å². The number of ether oxygens (including phenoxy) is 10. The van der Waals surface area contributed by atoms with Gasteiger partial charge in [0, 0.05) is 0 Å². The maximum absolute atomic E-state index is 10.9. The van der Waals surface area contributed by atoms with Crippen molar-refractivity contribution in [1.82, 2.24) is 0 Å². The van der Waals surface area contributed by atoms with Crippen LogP contribution in [0.1, 0.15) is 16.7 Å². The zero-order chi connectivity index (χ0) is 34.5. The van der Waals surface area contributed by atoms with E-state index in [1.165, 1.54) is 7.11 Å². The Morgan fingerprint density at radius 1 is 0.408 bits per heavy atom. The summed E-state index contributed by atoms with van der Waals surface area (Å²) in [7, 11) is 1.32. The quantitative estimate of drug-likeness (QED) is 0.0570. The molecule has 49 heavy (non-hydrogen) atoms. The zero-order valence-electron chi connectivity index (χ0n) is 28.7. The molecule has 3 rings (SSSR count). The van der Waals surface area contributed by atoms with Gasteiger partial charge in [-0.15, -0.1) is 0 Å². The largest absolute Gasteiger partial charge is 0.467 e. The Balaban J connectivity index is 1.13. The Morgan fingerprint density at radius 3 is 0.959 bits per heavy atom. The van der Waals surface area contributed by atoms with Gasteiger partial charge in [-0.3, -0.25) is 0 Å². The lowest BCUT2D eigenvalue weighted by Crippen LogP contribution is -2.34. The molecule has 0 aliphatic heterocycles. The van der Waals surface area contributed by atoms with Gasteiger partial charge in [0.25, 0.3) is 0 Å². The van der Waals surface area contributed by atoms with E-state index in [9.17, 15) is 4.79 Å². The number of methoxy groups -OCH3 is 1. The predicted molar refractivity (Wildman–Crippen MR) is 184 cm³/mol. The molecule has 0 saturated heterocycles. The van der Waals surface area contributed by atoms with Crippen LogP contribution in [0.15, 0.2) is 91.0 Å². The van der Waals surface area contributed by atoms with E-state index in [0.29, 0.717) is 106 Å². The topological polar surface area (TPSA) is 109 Å². The van der Waals surface area contributed by atoms with Crippen molar-refractivity contribution in [2.24, 2.45) is 0 Å². The summed E-state index contributed by atoms with van der Waals surface area (Å²) in [4.78, 5) is 10.9. The van der Waals surface area contributed by atoms with E-state index in [0.717, 1.165) is 16.7 Å². The number of esters is 1. The lowest BCUT2D eigenvalue weighted by molar-refractivity contribution is -0.146. The summed E-state index contributed by atoms with van der Waals surface area (Å²) in [6, 6.07) is 30.9. The molecule has 0 aliphatic rings. The van der Waals surface area contributed by atoms with Gasteiger partial charge in [0.1, 0.15) is 12.2 Å². The normalized spacial score (nSPS) is 11.5. The minimum Gasteiger partial charge on any atom is -0.467 e. The first kappa shape index (κ1) is 40.2. The molecular formula is C38H52O11. The average molecular weight is 685 g/mol. The highest BCUT2D eigenvalue weighted by atomic mass is 16.6. The molecule has 0 radical (unpaired) electrons. The van der Waals surface area contributed by atoms with E-state index in [4.69, 9.17) is 42.6 Å². The van der Waals surface area contributed by atoms with E-state index in [1.54, 1.807) is 0 Å². The van der Waals surface area contributed by atoms with Gasteiger partial charge in [0.15, 0.2) is 0 Å². The molecule has 0 unspecified atom stereocenters. The minimum atomic E-state index is -0.753. The number of carbonyl (C=O) groups excluding carboxylic acids is 1. The summed E-state index contributed by atoms with van der Waals surface area (Å²) in [5.41, 5.74) is 2.44. The van der Waals surface area contributed by atoms with Crippen LogP contribution in [0.3, 0.4) is 0 Å². The summed E-state index contributed by atoms with van der Waals surface area (Å²) in [5.74, 6) is -0.408. The number of hydrogen-bond acceptors (Lipinski definition) is 11. The lowest BCUT2D eigenvalue weighted by Gasteiger charge is -2.36. The molecule has 0 aliphatic carbocycles. The van der Waals surface area contributed by atoms with Crippen LogP contribution in [0.2, 0.25) is 0 Å². The summed E-state index contributed by atoms with van der Waals surface area (Å²) in [6.45, 7) is 7.20. The van der Waals surface area contributed by atoms with Crippen molar-refractivity contribution >= 4 is 5.97 Å². The van der Waals surface area contributed by atoms with Crippen molar-refractivity contribution in [3.8, 4) is 0 Å². The van der Waals surface area contributed by atoms with Gasteiger partial charge in [0.05, 0.1) is 113 Å². The molecule has 0 saturated carbocycles. The number of hydrogen-bond donors (Lipinski definition) is 0. The standard InChI is InChI=1S/C38H52O11/c1-40-37(39)33-48-30-29-46-26-25-44-22-21-42-18-17-41-19-20-43-23-24-45-27-28-47-31-32-49-38(34-11-5-2-6-12-34,35-13-7-3-8-14-35)36-15-9-4-10-16-36/h2-16H,17-33H2,1H3. The van der Waals surface area contributed by atoms with Crippen molar-refractivity contribution in [3.05, 3.63) is 108 Å². The fourth-order valence-electron chi connectivity index (χ4n) is 4.78. The highest BCUT2D eigenvalue weighted by Crippen LogP contribution is 2.40. The third-order valence-electron chi connectivity index (χ3n) is 7.14. The first-order valence-corrected chi connectivity index (χ1v) is 16.8. The first-order chi connectivity index (χ1) is 24.3. The fourth-order valence-corrected chi connectivity index (χ4v) is 4.78. The second-order valence-electron chi connectivity index (χ2n) is 10.5. The van der Waals surface area contributed by atoms with E-state index in [-0.39, 0.29) is 6.61 Å². The van der Waals surface area contributed by atoms with Gasteiger partial charge in [-0.1, -0.05) is 91.0 Å². The van der Waals surface area contributed by atoms with Crippen LogP contribution in [0.25, 0.3) is 0 Å². The molecule has 0 aromatic heterocycles. The second kappa shape index (κ2) is 26.6. The van der Waals surface area contributed by atoms with Crippen molar-refractivity contribution in [1.29, 1.82) is 0 Å². The molecule has 0 heterocycles. The molecule has 0 fully saturated rings. The van der Waals surface area contributed by atoms with Crippen molar-refractivity contribution in [3.63, 3.8) is 0 Å². The van der Waals surface area contributed by atoms with E-state index >= 15 is 0 Å². The molecule has 0 spiro atoms. The van der Waals surface area contributed by atoms with E-state index in [2.05, 4.69) is 41.1 Å². The molecule has 3 aromatic carbocycles. The summed E-state index contributed by atoms with van der Waals surface area (Å²) < 4.78 is 55.1. The molecule has 0 amide bonds. The van der Waals surface area contributed by atoms with Crippen LogP contribution in [-0.4, -0.2) is 125 Å². The molecule has 0 atom stereocenters. The van der Waals surface area contributed by atoms with Crippen LogP contribution in [0.5, 0.6) is 0 Å². The Bertz CT molecular complexity index is 1100. The highest BCUT2D eigenvalue weighted by molar-refractivity contribution is 5.70. The minimum absolute atomic E-state index is 0.0716. The molecule has 3 aromatic rings. The summed E-state index contributed by atoms with van der Waals surface area (Å²) >= 11 is 0. The number of benzene rings is 3. The van der Waals surface area contributed by atoms with Crippen LogP contribution < -0.4 is 0 Å². The Hall–Kier alpha value is -3.23. The Kier molecular flexibility index (Phi) is 21.8. The Labute approximate surface area is 290 Å². The molecule has 270 valence electrons. The van der Waals surface area contributed by atoms with Crippen molar-refractivity contribution in [2.75, 3.05) is 119 Å². The Morgan fingerprint density at radius 2 is 0.673 bits per heavy atom. The van der Waals surface area contributed by atoms with Crippen LogP contribution in [0, 0.1) is 0 Å². The van der Waals surface area contributed by atoms with E-state index in [1.807, 2.05) is 54.6 Å². The van der Waals surface area contributed by atoms with Crippen molar-refractivity contribution < 1.29 is 52.2 Å². The van der Waals surface area contributed by atoms with Crippen LogP contribution in [-0.2, 0) is 57.8 Å². The maximum Gasteiger partial charge on any atom is 0.331 e. The fraction of sp³-hybridized carbons (Fsp3) is 0.500. The summed E-state index contributed by atoms with van der Waals surface area (Å²) in [6.07, 6.45) is 0. The van der Waals surface area contributed by atoms with Gasteiger partial charge in [0.2, 0.25) is 0 Å². The van der Waals surface area contributed by atoms with Crippen LogP contribution in [0.4, 0.5) is 0 Å². The maximum atomic E-state index is 10.9. The third-order valence-corrected chi connectivity index (χ3v) is 7.14. The predicted octanol–water partition coefficient (Wildman–Crippen LogP) is 4.30. The third kappa shape index (κ3) is 16.4. The molecule has 0 N–H and O–H groups in total. The number of rotatable bonds is 30. The summed E-state index contributed by atoms with van der Waals surface area (Å²) in [5, 5.41) is 0. The molecule has 11 nitrogen and oxygen atoms in total. The molecule has 0 bridgehead atoms. The zero-order valence-corrected chi connectivity index (χ0v) is 28.7. The first-order valence-electron chi connectivity index (χ1n) is 16.8. The van der Waals surface area contributed by atoms with Gasteiger partial charge in [-0.25, -0.2) is 4.79 Å². The monoisotopic (exact) mass is 684 g/mol. The van der Waals surface area contributed by atoms with Gasteiger partial charge >= 0.3 is 5.97 Å².